The van der Waals surface area contributed by atoms with Crippen molar-refractivity contribution in [2.24, 2.45) is 4.99 Å². The van der Waals surface area contributed by atoms with Crippen molar-refractivity contribution in [1.29, 1.82) is 0 Å². The number of nitrogens with one attached hydrogen (secondary N) is 3. The number of amides is 3. The average Bonchev–Trinajstić information content (AvgIpc) is 3.01. The van der Waals surface area contributed by atoms with Crippen LogP contribution >= 0.6 is 24.0 Å². The lowest BCUT2D eigenvalue weighted by Gasteiger charge is -2.34. The standard InChI is InChI=1S/C23H36N6O2.HI/c1-4-23(3)20(30)29(22(31)27-23)15-9-14-25-21(24-5-2)26-18-12-16-28(17-13-18)19-10-7-6-8-11-19;/h6-8,10-11,18H,4-5,9,12-17H2,1-3H3,(H,27,31)(H2,24,25,26);1H. The summed E-state index contributed by atoms with van der Waals surface area (Å²) >= 11 is 0. The zero-order valence-corrected chi connectivity index (χ0v) is 21.7. The van der Waals surface area contributed by atoms with Gasteiger partial charge in [-0.15, -0.1) is 24.0 Å². The first-order valence-electron chi connectivity index (χ1n) is 11.5. The zero-order valence-electron chi connectivity index (χ0n) is 19.4. The van der Waals surface area contributed by atoms with Gasteiger partial charge in [-0.05, 0) is 51.7 Å². The number of carbonyl (C=O) groups excluding carboxylic acids is 2. The second-order valence-corrected chi connectivity index (χ2v) is 8.43. The first-order chi connectivity index (χ1) is 15.0. The van der Waals surface area contributed by atoms with Crippen LogP contribution < -0.4 is 20.9 Å². The molecule has 2 aliphatic rings. The van der Waals surface area contributed by atoms with Crippen LogP contribution in [0.1, 0.15) is 46.5 Å². The Hall–Kier alpha value is -2.04. The van der Waals surface area contributed by atoms with E-state index in [9.17, 15) is 9.59 Å². The number of halogens is 1. The molecule has 8 nitrogen and oxygen atoms in total. The Bertz CT molecular complexity index is 782. The quantitative estimate of drug-likeness (QED) is 0.151. The minimum Gasteiger partial charge on any atom is -0.371 e. The molecule has 1 aromatic rings. The maximum Gasteiger partial charge on any atom is 0.325 e. The Morgan fingerprint density at radius 1 is 1.19 bits per heavy atom. The van der Waals surface area contributed by atoms with E-state index in [0.717, 1.165) is 38.4 Å². The van der Waals surface area contributed by atoms with Gasteiger partial charge in [0.2, 0.25) is 0 Å². The Labute approximate surface area is 208 Å². The largest absolute Gasteiger partial charge is 0.371 e. The molecule has 2 saturated heterocycles. The monoisotopic (exact) mass is 556 g/mol. The van der Waals surface area contributed by atoms with Gasteiger partial charge in [-0.3, -0.25) is 14.7 Å². The lowest BCUT2D eigenvalue weighted by atomic mass is 9.99. The third-order valence-electron chi connectivity index (χ3n) is 6.16. The molecule has 3 rings (SSSR count). The highest BCUT2D eigenvalue weighted by atomic mass is 127. The molecule has 2 heterocycles. The Kier molecular flexibility index (Phi) is 10.0. The number of anilines is 1. The van der Waals surface area contributed by atoms with E-state index < -0.39 is 5.54 Å². The number of carbonyl (C=O) groups is 2. The summed E-state index contributed by atoms with van der Waals surface area (Å²) in [5.41, 5.74) is 0.507. The highest BCUT2D eigenvalue weighted by Crippen LogP contribution is 2.21. The van der Waals surface area contributed by atoms with Gasteiger partial charge in [0.15, 0.2) is 5.96 Å². The number of aliphatic imine (C=N–C) groups is 1. The number of hydrogen-bond donors (Lipinski definition) is 3. The number of nitrogens with zero attached hydrogens (tertiary/aromatic N) is 3. The predicted molar refractivity (Wildman–Crippen MR) is 140 cm³/mol. The molecule has 1 aromatic carbocycles. The summed E-state index contributed by atoms with van der Waals surface area (Å²) in [5, 5.41) is 9.65. The van der Waals surface area contributed by atoms with E-state index >= 15 is 0 Å². The Morgan fingerprint density at radius 2 is 1.88 bits per heavy atom. The van der Waals surface area contributed by atoms with E-state index in [4.69, 9.17) is 0 Å². The third-order valence-corrected chi connectivity index (χ3v) is 6.16. The van der Waals surface area contributed by atoms with E-state index in [1.165, 1.54) is 10.6 Å². The fraction of sp³-hybridized carbons (Fsp3) is 0.609. The topological polar surface area (TPSA) is 89.1 Å². The molecule has 2 aliphatic heterocycles. The first-order valence-corrected chi connectivity index (χ1v) is 11.5. The smallest absolute Gasteiger partial charge is 0.325 e. The summed E-state index contributed by atoms with van der Waals surface area (Å²) in [4.78, 5) is 33.0. The summed E-state index contributed by atoms with van der Waals surface area (Å²) < 4.78 is 0. The summed E-state index contributed by atoms with van der Waals surface area (Å²) in [6.45, 7) is 9.50. The molecule has 0 aromatic heterocycles. The molecule has 0 aliphatic carbocycles. The van der Waals surface area contributed by atoms with E-state index in [0.29, 0.717) is 32.0 Å². The number of imide groups is 1. The van der Waals surface area contributed by atoms with Crippen molar-refractivity contribution in [3.63, 3.8) is 0 Å². The van der Waals surface area contributed by atoms with Crippen LogP contribution in [0.2, 0.25) is 0 Å². The Balaban J connectivity index is 0.00000363. The fourth-order valence-corrected chi connectivity index (χ4v) is 4.04. The summed E-state index contributed by atoms with van der Waals surface area (Å²) in [5.74, 6) is 0.662. The minimum absolute atomic E-state index is 0. The summed E-state index contributed by atoms with van der Waals surface area (Å²) in [7, 11) is 0. The lowest BCUT2D eigenvalue weighted by Crippen LogP contribution is -2.48. The van der Waals surface area contributed by atoms with E-state index in [2.05, 4.69) is 50.1 Å². The zero-order chi connectivity index (χ0) is 22.3. The molecular formula is C23H37IN6O2. The van der Waals surface area contributed by atoms with E-state index in [1.54, 1.807) is 6.92 Å². The molecule has 3 amide bonds. The van der Waals surface area contributed by atoms with Gasteiger partial charge in [0.25, 0.3) is 5.91 Å². The summed E-state index contributed by atoms with van der Waals surface area (Å²) in [6.07, 6.45) is 3.33. The number of urea groups is 1. The maximum absolute atomic E-state index is 12.5. The van der Waals surface area contributed by atoms with Crippen molar-refractivity contribution < 1.29 is 9.59 Å². The van der Waals surface area contributed by atoms with Gasteiger partial charge in [0.05, 0.1) is 0 Å². The molecule has 3 N–H and O–H groups in total. The van der Waals surface area contributed by atoms with E-state index in [1.807, 2.05) is 19.9 Å². The number of hydrogen-bond acceptors (Lipinski definition) is 4. The number of benzene rings is 1. The number of piperidine rings is 1. The van der Waals surface area contributed by atoms with Gasteiger partial charge in [-0.1, -0.05) is 25.1 Å². The normalized spacial score (nSPS) is 21.9. The molecular weight excluding hydrogens is 519 g/mol. The van der Waals surface area contributed by atoms with Gasteiger partial charge in [0.1, 0.15) is 5.54 Å². The molecule has 1 unspecified atom stereocenters. The predicted octanol–water partition coefficient (Wildman–Crippen LogP) is 2.94. The molecule has 0 spiro atoms. The van der Waals surface area contributed by atoms with Crippen molar-refractivity contribution in [2.45, 2.75) is 58.0 Å². The van der Waals surface area contributed by atoms with Gasteiger partial charge < -0.3 is 20.9 Å². The van der Waals surface area contributed by atoms with Crippen LogP contribution in [0, 0.1) is 0 Å². The Morgan fingerprint density at radius 3 is 2.47 bits per heavy atom. The first kappa shape index (κ1) is 26.2. The van der Waals surface area contributed by atoms with Crippen LogP contribution in [0.25, 0.3) is 0 Å². The number of rotatable bonds is 8. The van der Waals surface area contributed by atoms with Crippen molar-refractivity contribution in [1.82, 2.24) is 20.9 Å². The number of para-hydroxylation sites is 1. The molecule has 0 saturated carbocycles. The maximum atomic E-state index is 12.5. The molecule has 0 bridgehead atoms. The SMILES string of the molecule is CCNC(=NCCCN1C(=O)NC(C)(CC)C1=O)NC1CCN(c2ccccc2)CC1.I. The summed E-state index contributed by atoms with van der Waals surface area (Å²) in [6, 6.07) is 10.6. The van der Waals surface area contributed by atoms with Gasteiger partial charge in [-0.25, -0.2) is 4.79 Å². The van der Waals surface area contributed by atoms with Crippen LogP contribution in [0.4, 0.5) is 10.5 Å². The molecule has 1 atom stereocenters. The highest BCUT2D eigenvalue weighted by Gasteiger charge is 2.45. The molecule has 2 fully saturated rings. The van der Waals surface area contributed by atoms with Gasteiger partial charge in [-0.2, -0.15) is 0 Å². The van der Waals surface area contributed by atoms with Crippen LogP contribution in [0.15, 0.2) is 35.3 Å². The molecule has 32 heavy (non-hydrogen) atoms. The molecule has 0 radical (unpaired) electrons. The van der Waals surface area contributed by atoms with Crippen LogP contribution in [-0.2, 0) is 4.79 Å². The van der Waals surface area contributed by atoms with Crippen LogP contribution in [-0.4, -0.2) is 67.1 Å². The van der Waals surface area contributed by atoms with Crippen molar-refractivity contribution in [3.05, 3.63) is 30.3 Å². The fourth-order valence-electron chi connectivity index (χ4n) is 4.04. The van der Waals surface area contributed by atoms with Crippen molar-refractivity contribution in [2.75, 3.05) is 37.6 Å². The molecule has 178 valence electrons. The van der Waals surface area contributed by atoms with Gasteiger partial charge >= 0.3 is 6.03 Å². The average molecular weight is 556 g/mol. The minimum atomic E-state index is -0.772. The van der Waals surface area contributed by atoms with Crippen LogP contribution in [0.3, 0.4) is 0 Å². The third kappa shape index (κ3) is 6.49. The number of guanidine groups is 1. The molecule has 9 heteroatoms. The van der Waals surface area contributed by atoms with Gasteiger partial charge in [0, 0.05) is 44.5 Å². The lowest BCUT2D eigenvalue weighted by molar-refractivity contribution is -0.130. The second-order valence-electron chi connectivity index (χ2n) is 8.43. The van der Waals surface area contributed by atoms with Crippen molar-refractivity contribution >= 4 is 47.6 Å². The second kappa shape index (κ2) is 12.3. The van der Waals surface area contributed by atoms with Crippen LogP contribution in [0.5, 0.6) is 0 Å². The van der Waals surface area contributed by atoms with E-state index in [-0.39, 0.29) is 35.9 Å². The highest BCUT2D eigenvalue weighted by molar-refractivity contribution is 14.0. The van der Waals surface area contributed by atoms with Crippen molar-refractivity contribution in [3.8, 4) is 0 Å².